The van der Waals surface area contributed by atoms with Crippen LogP contribution in [0.4, 0.5) is 0 Å². The second kappa shape index (κ2) is 4.37. The monoisotopic (exact) mass is 316 g/mol. The summed E-state index contributed by atoms with van der Waals surface area (Å²) in [5, 5.41) is 22.0. The molecule has 23 heavy (non-hydrogen) atoms. The van der Waals surface area contributed by atoms with Crippen LogP contribution in [0.2, 0.25) is 0 Å². The summed E-state index contributed by atoms with van der Waals surface area (Å²) in [6.07, 6.45) is 3.40. The lowest BCUT2D eigenvalue weighted by molar-refractivity contribution is -0.151. The van der Waals surface area contributed by atoms with Crippen molar-refractivity contribution >= 4 is 5.78 Å². The standard InChI is InChI=1S/C20H28O3/c1-9-8-14(21)20-12(9)6-10(2)17(22)16(20)15-13(19(15,4)5)7-11(3)18(20)23/h6,8,11-17,21-22H,7H2,1-5H3/t11-,12+,13-,14?,15-,16-,17+,20-/m1/s1. The van der Waals surface area contributed by atoms with Crippen LogP contribution in [0.3, 0.4) is 0 Å². The molecule has 0 heterocycles. The Morgan fingerprint density at radius 2 is 1.74 bits per heavy atom. The summed E-state index contributed by atoms with van der Waals surface area (Å²) in [6.45, 7) is 10.5. The number of hydrogen-bond donors (Lipinski definition) is 2. The van der Waals surface area contributed by atoms with Gasteiger partial charge in [0.1, 0.15) is 5.78 Å². The Kier molecular flexibility index (Phi) is 2.96. The molecular weight excluding hydrogens is 288 g/mol. The average molecular weight is 316 g/mol. The maximum absolute atomic E-state index is 13.4. The first kappa shape index (κ1) is 15.6. The van der Waals surface area contributed by atoms with Crippen LogP contribution in [-0.4, -0.2) is 28.2 Å². The van der Waals surface area contributed by atoms with Gasteiger partial charge in [-0.3, -0.25) is 4.79 Å². The van der Waals surface area contributed by atoms with Crippen molar-refractivity contribution in [1.82, 2.24) is 0 Å². The number of aliphatic hydroxyl groups excluding tert-OH is 2. The molecule has 126 valence electrons. The van der Waals surface area contributed by atoms with E-state index < -0.39 is 17.6 Å². The Hall–Kier alpha value is -0.930. The van der Waals surface area contributed by atoms with E-state index in [2.05, 4.69) is 13.8 Å². The lowest BCUT2D eigenvalue weighted by atomic mass is 9.54. The number of ketones is 1. The number of aliphatic hydroxyl groups is 2. The molecule has 4 aliphatic carbocycles. The number of allylic oxidation sites excluding steroid dienone is 2. The summed E-state index contributed by atoms with van der Waals surface area (Å²) >= 11 is 0. The molecule has 8 atom stereocenters. The van der Waals surface area contributed by atoms with Crippen LogP contribution in [0, 0.1) is 40.4 Å². The summed E-state index contributed by atoms with van der Waals surface area (Å²) < 4.78 is 0. The molecule has 0 aliphatic heterocycles. The van der Waals surface area contributed by atoms with Gasteiger partial charge in [0.25, 0.3) is 0 Å². The highest BCUT2D eigenvalue weighted by molar-refractivity contribution is 5.91. The van der Waals surface area contributed by atoms with Crippen molar-refractivity contribution in [3.63, 3.8) is 0 Å². The molecule has 0 aromatic heterocycles. The normalized spacial score (nSPS) is 53.5. The van der Waals surface area contributed by atoms with Gasteiger partial charge in [-0.2, -0.15) is 0 Å². The fourth-order valence-corrected chi connectivity index (χ4v) is 6.45. The van der Waals surface area contributed by atoms with Gasteiger partial charge < -0.3 is 10.2 Å². The molecule has 4 aliphatic rings. The number of carbonyl (C=O) groups excluding carboxylic acids is 1. The number of Topliss-reactive ketones (excluding diaryl/α,β-unsaturated/α-hetero) is 1. The van der Waals surface area contributed by atoms with Crippen molar-refractivity contribution in [2.75, 3.05) is 0 Å². The maximum Gasteiger partial charge on any atom is 0.146 e. The van der Waals surface area contributed by atoms with Gasteiger partial charge in [-0.25, -0.2) is 0 Å². The van der Waals surface area contributed by atoms with Crippen LogP contribution >= 0.6 is 0 Å². The molecule has 1 spiro atoms. The van der Waals surface area contributed by atoms with E-state index in [9.17, 15) is 15.0 Å². The van der Waals surface area contributed by atoms with Gasteiger partial charge in [0.15, 0.2) is 0 Å². The second-order valence-corrected chi connectivity index (χ2v) is 9.10. The van der Waals surface area contributed by atoms with Crippen LogP contribution in [0.5, 0.6) is 0 Å². The first-order valence-electron chi connectivity index (χ1n) is 8.92. The molecule has 3 heteroatoms. The Morgan fingerprint density at radius 1 is 1.09 bits per heavy atom. The second-order valence-electron chi connectivity index (χ2n) is 9.10. The SMILES string of the molecule is CC1=C[C@H]2C(C)=CC(O)[C@]23C(=O)[C@H](C)C[C@@H]2[C@H]([C@@H]3[C@H]1O)C2(C)C. The van der Waals surface area contributed by atoms with Crippen molar-refractivity contribution in [2.45, 2.75) is 53.2 Å². The Labute approximate surface area is 138 Å². The van der Waals surface area contributed by atoms with E-state index >= 15 is 0 Å². The Morgan fingerprint density at radius 3 is 2.39 bits per heavy atom. The quantitative estimate of drug-likeness (QED) is 0.676. The third-order valence-corrected chi connectivity index (χ3v) is 7.71. The van der Waals surface area contributed by atoms with Gasteiger partial charge in [0, 0.05) is 17.8 Å². The van der Waals surface area contributed by atoms with Gasteiger partial charge in [-0.05, 0) is 43.1 Å². The van der Waals surface area contributed by atoms with Crippen LogP contribution in [0.25, 0.3) is 0 Å². The highest BCUT2D eigenvalue weighted by atomic mass is 16.3. The van der Waals surface area contributed by atoms with Crippen molar-refractivity contribution in [2.24, 2.45) is 40.4 Å². The van der Waals surface area contributed by atoms with Gasteiger partial charge in [0.2, 0.25) is 0 Å². The summed E-state index contributed by atoms with van der Waals surface area (Å²) in [7, 11) is 0. The van der Waals surface area contributed by atoms with Gasteiger partial charge >= 0.3 is 0 Å². The zero-order valence-electron chi connectivity index (χ0n) is 14.7. The van der Waals surface area contributed by atoms with Crippen LogP contribution in [0.15, 0.2) is 23.3 Å². The minimum Gasteiger partial charge on any atom is -0.388 e. The van der Waals surface area contributed by atoms with E-state index in [1.54, 1.807) is 0 Å². The molecule has 0 saturated heterocycles. The molecular formula is C20H28O3. The third-order valence-electron chi connectivity index (χ3n) is 7.71. The van der Waals surface area contributed by atoms with Crippen molar-refractivity contribution < 1.29 is 15.0 Å². The molecule has 4 rings (SSSR count). The highest BCUT2D eigenvalue weighted by Gasteiger charge is 2.74. The molecule has 0 amide bonds. The fraction of sp³-hybridized carbons (Fsp3) is 0.750. The fourth-order valence-electron chi connectivity index (χ4n) is 6.45. The minimum absolute atomic E-state index is 0.0512. The predicted octanol–water partition coefficient (Wildman–Crippen LogP) is 2.73. The van der Waals surface area contributed by atoms with E-state index in [0.717, 1.165) is 17.6 Å². The molecule has 3 nitrogen and oxygen atoms in total. The number of fused-ring (bicyclic) bond motifs is 2. The molecule has 2 fully saturated rings. The van der Waals surface area contributed by atoms with Crippen molar-refractivity contribution in [1.29, 1.82) is 0 Å². The average Bonchev–Trinajstić information content (AvgIpc) is 2.92. The lowest BCUT2D eigenvalue weighted by Crippen LogP contribution is -2.57. The first-order chi connectivity index (χ1) is 10.6. The molecule has 0 aromatic rings. The highest BCUT2D eigenvalue weighted by Crippen LogP contribution is 2.73. The van der Waals surface area contributed by atoms with Gasteiger partial charge in [-0.1, -0.05) is 38.5 Å². The van der Waals surface area contributed by atoms with E-state index in [-0.39, 0.29) is 29.0 Å². The lowest BCUT2D eigenvalue weighted by Gasteiger charge is -2.49. The third kappa shape index (κ3) is 1.61. The van der Waals surface area contributed by atoms with Crippen molar-refractivity contribution in [3.8, 4) is 0 Å². The number of rotatable bonds is 0. The van der Waals surface area contributed by atoms with Crippen LogP contribution in [-0.2, 0) is 4.79 Å². The Balaban J connectivity index is 1.96. The number of carbonyl (C=O) groups is 1. The topological polar surface area (TPSA) is 57.5 Å². The van der Waals surface area contributed by atoms with E-state index in [1.807, 2.05) is 32.9 Å². The van der Waals surface area contributed by atoms with Gasteiger partial charge in [-0.15, -0.1) is 0 Å². The minimum atomic E-state index is -0.852. The molecule has 2 N–H and O–H groups in total. The maximum atomic E-state index is 13.4. The molecule has 1 unspecified atom stereocenters. The molecule has 0 radical (unpaired) electrons. The van der Waals surface area contributed by atoms with Crippen molar-refractivity contribution in [3.05, 3.63) is 23.3 Å². The Bertz CT molecular complexity index is 643. The summed E-state index contributed by atoms with van der Waals surface area (Å²) in [5.41, 5.74) is 1.33. The summed E-state index contributed by atoms with van der Waals surface area (Å²) in [6, 6.07) is 0. The summed E-state index contributed by atoms with van der Waals surface area (Å²) in [5.74, 6) is 0.671. The van der Waals surface area contributed by atoms with Gasteiger partial charge in [0.05, 0.1) is 17.6 Å². The molecule has 0 aromatic carbocycles. The molecule has 0 bridgehead atoms. The van der Waals surface area contributed by atoms with E-state index in [1.165, 1.54) is 0 Å². The smallest absolute Gasteiger partial charge is 0.146 e. The summed E-state index contributed by atoms with van der Waals surface area (Å²) in [4.78, 5) is 13.4. The van der Waals surface area contributed by atoms with Crippen LogP contribution in [0.1, 0.15) is 41.0 Å². The zero-order valence-corrected chi connectivity index (χ0v) is 14.7. The zero-order chi connectivity index (χ0) is 16.9. The number of hydrogen-bond acceptors (Lipinski definition) is 3. The molecule has 2 saturated carbocycles. The predicted molar refractivity (Wildman–Crippen MR) is 88.5 cm³/mol. The van der Waals surface area contributed by atoms with Crippen LogP contribution < -0.4 is 0 Å². The largest absolute Gasteiger partial charge is 0.388 e. The van der Waals surface area contributed by atoms with E-state index in [4.69, 9.17) is 0 Å². The first-order valence-corrected chi connectivity index (χ1v) is 8.92. The van der Waals surface area contributed by atoms with E-state index in [0.29, 0.717) is 11.8 Å².